The summed E-state index contributed by atoms with van der Waals surface area (Å²) in [5.74, 6) is -0.864. The first-order valence-electron chi connectivity index (χ1n) is 9.12. The molecule has 5 aromatic rings. The van der Waals surface area contributed by atoms with Crippen molar-refractivity contribution >= 4 is 35.0 Å². The lowest BCUT2D eigenvalue weighted by Gasteiger charge is -2.04. The standard InChI is InChI=1S/C20H11ClN8O2S/c21-12-6-4-5-11(9-12)16-23-17-15(19(30)31)14(10-22)18(29(17)25-16)32-20-24-26-27-28(20)13-7-2-1-3-8-13/h1-9H,(H,23,25)(H,30,31). The predicted octanol–water partition coefficient (Wildman–Crippen LogP) is 3.68. The SMILES string of the molecule is N#Cc1c(C(=O)O)c2nc(-c3cccc(Cl)c3)[nH]n2c1Sc1nnnn1-c1ccccc1. The average Bonchev–Trinajstić information content (AvgIpc) is 3.49. The lowest BCUT2D eigenvalue weighted by molar-refractivity contribution is 0.0698. The molecule has 5 rings (SSSR count). The summed E-state index contributed by atoms with van der Waals surface area (Å²) >= 11 is 7.14. The number of carboxylic acid groups (broad SMARTS) is 1. The van der Waals surface area contributed by atoms with Gasteiger partial charge >= 0.3 is 5.97 Å². The minimum Gasteiger partial charge on any atom is -0.478 e. The van der Waals surface area contributed by atoms with Crippen LogP contribution in [0.25, 0.3) is 22.7 Å². The van der Waals surface area contributed by atoms with Crippen LogP contribution in [0.5, 0.6) is 0 Å². The summed E-state index contributed by atoms with van der Waals surface area (Å²) < 4.78 is 2.95. The first kappa shape index (κ1) is 19.8. The number of carboxylic acids is 1. The summed E-state index contributed by atoms with van der Waals surface area (Å²) in [6.07, 6.45) is 0. The van der Waals surface area contributed by atoms with E-state index in [4.69, 9.17) is 11.6 Å². The molecule has 0 saturated carbocycles. The Labute approximate surface area is 189 Å². The zero-order valence-corrected chi connectivity index (χ0v) is 17.5. The molecule has 0 radical (unpaired) electrons. The van der Waals surface area contributed by atoms with Crippen LogP contribution >= 0.6 is 23.4 Å². The number of hydrogen-bond donors (Lipinski definition) is 2. The predicted molar refractivity (Wildman–Crippen MR) is 115 cm³/mol. The second-order valence-electron chi connectivity index (χ2n) is 6.52. The quantitative estimate of drug-likeness (QED) is 0.403. The molecule has 2 N–H and O–H groups in total. The van der Waals surface area contributed by atoms with Gasteiger partial charge in [0.15, 0.2) is 11.5 Å². The number of H-pyrrole nitrogens is 1. The highest BCUT2D eigenvalue weighted by Crippen LogP contribution is 2.35. The van der Waals surface area contributed by atoms with Crippen LogP contribution in [0, 0.1) is 11.3 Å². The van der Waals surface area contributed by atoms with E-state index in [1.807, 2.05) is 36.4 Å². The zero-order chi connectivity index (χ0) is 22.2. The number of nitrogens with one attached hydrogen (secondary N) is 1. The normalized spacial score (nSPS) is 11.0. The van der Waals surface area contributed by atoms with Crippen LogP contribution in [0.3, 0.4) is 0 Å². The number of rotatable bonds is 5. The average molecular weight is 463 g/mol. The Morgan fingerprint density at radius 2 is 2.00 bits per heavy atom. The van der Waals surface area contributed by atoms with E-state index < -0.39 is 5.97 Å². The van der Waals surface area contributed by atoms with E-state index >= 15 is 0 Å². The third-order valence-corrected chi connectivity index (χ3v) is 5.84. The van der Waals surface area contributed by atoms with Gasteiger partial charge in [0.05, 0.1) is 5.69 Å². The molecule has 0 fully saturated rings. The van der Waals surface area contributed by atoms with Gasteiger partial charge in [0.2, 0.25) is 5.16 Å². The largest absolute Gasteiger partial charge is 0.478 e. The summed E-state index contributed by atoms with van der Waals surface area (Å²) in [7, 11) is 0. The van der Waals surface area contributed by atoms with Crippen molar-refractivity contribution in [2.24, 2.45) is 0 Å². The summed E-state index contributed by atoms with van der Waals surface area (Å²) in [6.45, 7) is 0. The number of para-hydroxylation sites is 1. The molecule has 32 heavy (non-hydrogen) atoms. The van der Waals surface area contributed by atoms with Gasteiger partial charge in [-0.25, -0.2) is 14.3 Å². The van der Waals surface area contributed by atoms with E-state index in [9.17, 15) is 15.2 Å². The summed E-state index contributed by atoms with van der Waals surface area (Å²) in [5, 5.41) is 35.5. The van der Waals surface area contributed by atoms with Gasteiger partial charge in [0.25, 0.3) is 0 Å². The second-order valence-corrected chi connectivity index (χ2v) is 7.92. The summed E-state index contributed by atoms with van der Waals surface area (Å²) in [4.78, 5) is 16.4. The Kier molecular flexibility index (Phi) is 4.85. The van der Waals surface area contributed by atoms with Crippen LogP contribution in [0.4, 0.5) is 0 Å². The Balaban J connectivity index is 1.69. The number of aromatic amines is 1. The molecule has 10 nitrogen and oxygen atoms in total. The van der Waals surface area contributed by atoms with E-state index in [0.717, 1.165) is 11.8 Å². The van der Waals surface area contributed by atoms with E-state index in [1.54, 1.807) is 24.3 Å². The minimum atomic E-state index is -1.27. The number of nitrogens with zero attached hydrogens (tertiary/aromatic N) is 7. The van der Waals surface area contributed by atoms with Crippen LogP contribution in [-0.2, 0) is 0 Å². The fourth-order valence-corrected chi connectivity index (χ4v) is 4.36. The molecule has 0 aliphatic carbocycles. The highest BCUT2D eigenvalue weighted by Gasteiger charge is 2.28. The lowest BCUT2D eigenvalue weighted by Crippen LogP contribution is -2.00. The third-order valence-electron chi connectivity index (χ3n) is 4.59. The van der Waals surface area contributed by atoms with Gasteiger partial charge in [-0.05, 0) is 46.5 Å². The van der Waals surface area contributed by atoms with Crippen molar-refractivity contribution in [1.82, 2.24) is 34.8 Å². The number of aromatic nitrogens is 7. The van der Waals surface area contributed by atoms with Gasteiger partial charge in [0.1, 0.15) is 22.2 Å². The van der Waals surface area contributed by atoms with Crippen molar-refractivity contribution in [2.45, 2.75) is 10.2 Å². The highest BCUT2D eigenvalue weighted by atomic mass is 35.5. The van der Waals surface area contributed by atoms with E-state index in [1.165, 1.54) is 9.20 Å². The molecular formula is C20H11ClN8O2S. The van der Waals surface area contributed by atoms with Crippen LogP contribution in [-0.4, -0.2) is 45.9 Å². The van der Waals surface area contributed by atoms with Crippen molar-refractivity contribution in [3.8, 4) is 23.1 Å². The first-order valence-corrected chi connectivity index (χ1v) is 10.3. The number of aromatic carboxylic acids is 1. The first-order chi connectivity index (χ1) is 15.6. The van der Waals surface area contributed by atoms with Crippen LogP contribution in [0.2, 0.25) is 5.02 Å². The van der Waals surface area contributed by atoms with Crippen LogP contribution in [0.15, 0.2) is 64.8 Å². The minimum absolute atomic E-state index is 0.0403. The maximum Gasteiger partial charge on any atom is 0.341 e. The van der Waals surface area contributed by atoms with Gasteiger partial charge < -0.3 is 5.11 Å². The number of benzene rings is 2. The number of tetrazole rings is 1. The molecular weight excluding hydrogens is 452 g/mol. The summed E-state index contributed by atoms with van der Waals surface area (Å²) in [5.41, 5.74) is 1.24. The van der Waals surface area contributed by atoms with Crippen molar-refractivity contribution in [3.63, 3.8) is 0 Å². The molecule has 156 valence electrons. The Bertz CT molecular complexity index is 1520. The van der Waals surface area contributed by atoms with Crippen LogP contribution in [0.1, 0.15) is 15.9 Å². The fourth-order valence-electron chi connectivity index (χ4n) is 3.21. The number of hydrogen-bond acceptors (Lipinski definition) is 7. The Morgan fingerprint density at radius 1 is 1.19 bits per heavy atom. The van der Waals surface area contributed by atoms with Crippen molar-refractivity contribution in [3.05, 3.63) is 70.7 Å². The van der Waals surface area contributed by atoms with Gasteiger partial charge in [-0.15, -0.1) is 5.10 Å². The van der Waals surface area contributed by atoms with Gasteiger partial charge in [-0.1, -0.05) is 41.9 Å². The van der Waals surface area contributed by atoms with E-state index in [-0.39, 0.29) is 16.8 Å². The number of halogens is 1. The Morgan fingerprint density at radius 3 is 2.72 bits per heavy atom. The molecule has 0 spiro atoms. The Hall–Kier alpha value is -4.14. The van der Waals surface area contributed by atoms with Gasteiger partial charge in [-0.3, -0.25) is 5.10 Å². The molecule has 2 aromatic carbocycles. The van der Waals surface area contributed by atoms with E-state index in [0.29, 0.717) is 32.3 Å². The molecule has 0 saturated heterocycles. The summed E-state index contributed by atoms with van der Waals surface area (Å²) in [6, 6.07) is 18.2. The van der Waals surface area contributed by atoms with Crippen molar-refractivity contribution < 1.29 is 9.90 Å². The smallest absolute Gasteiger partial charge is 0.341 e. The number of carbonyl (C=O) groups is 1. The lowest BCUT2D eigenvalue weighted by atomic mass is 10.2. The molecule has 0 atom stereocenters. The number of nitriles is 1. The highest BCUT2D eigenvalue weighted by molar-refractivity contribution is 7.99. The molecule has 12 heteroatoms. The third kappa shape index (κ3) is 3.27. The molecule has 0 amide bonds. The molecule has 3 aromatic heterocycles. The molecule has 0 unspecified atom stereocenters. The maximum absolute atomic E-state index is 12.0. The topological polar surface area (TPSA) is 138 Å². The molecule has 0 bridgehead atoms. The maximum atomic E-state index is 12.0. The molecule has 0 aliphatic rings. The molecule has 3 heterocycles. The van der Waals surface area contributed by atoms with Crippen molar-refractivity contribution in [2.75, 3.05) is 0 Å². The van der Waals surface area contributed by atoms with Crippen LogP contribution < -0.4 is 0 Å². The second kappa shape index (κ2) is 7.84. The van der Waals surface area contributed by atoms with Gasteiger partial charge in [-0.2, -0.15) is 9.94 Å². The number of fused-ring (bicyclic) bond motifs is 1. The zero-order valence-electron chi connectivity index (χ0n) is 16.0. The monoisotopic (exact) mass is 462 g/mol. The van der Waals surface area contributed by atoms with Crippen molar-refractivity contribution in [1.29, 1.82) is 5.26 Å². The van der Waals surface area contributed by atoms with Gasteiger partial charge in [0, 0.05) is 10.6 Å². The van der Waals surface area contributed by atoms with E-state index in [2.05, 4.69) is 25.6 Å². The fraction of sp³-hybridized carbons (Fsp3) is 0. The molecule has 0 aliphatic heterocycles.